The molecule has 0 heteroatoms. The minimum atomic E-state index is 1.12. The van der Waals surface area contributed by atoms with E-state index >= 15 is 0 Å². The normalized spacial score (nSPS) is 10.3. The maximum atomic E-state index is 2.36. The Morgan fingerprint density at radius 1 is 0.895 bits per heavy atom. The highest BCUT2D eigenvalue weighted by Crippen LogP contribution is 2.25. The molecule has 0 saturated carbocycles. The van der Waals surface area contributed by atoms with Crippen LogP contribution >= 0.6 is 0 Å². The molecule has 0 aromatic heterocycles. The topological polar surface area (TPSA) is 0 Å². The summed E-state index contributed by atoms with van der Waals surface area (Å²) in [6.07, 6.45) is 4.67. The van der Waals surface area contributed by atoms with Crippen molar-refractivity contribution in [2.24, 2.45) is 0 Å². The molecule has 0 nitrogen and oxygen atoms in total. The fourth-order valence-electron chi connectivity index (χ4n) is 2.32. The third-order valence-electron chi connectivity index (χ3n) is 3.30. The fraction of sp³-hybridized carbons (Fsp3) is 0.263. The van der Waals surface area contributed by atoms with Crippen molar-refractivity contribution in [3.8, 4) is 0 Å². The molecule has 0 atom stereocenters. The Kier molecular flexibility index (Phi) is 4.57. The maximum Gasteiger partial charge on any atom is -0.0151 e. The first-order valence-electron chi connectivity index (χ1n) is 7.05. The van der Waals surface area contributed by atoms with Crippen LogP contribution in [-0.2, 0) is 0 Å². The van der Waals surface area contributed by atoms with E-state index in [0.29, 0.717) is 0 Å². The molecule has 0 heterocycles. The van der Waals surface area contributed by atoms with Gasteiger partial charge in [-0.25, -0.2) is 0 Å². The standard InChI is InChI=1S/C19H22/c1-4-5-12-19(17-10-6-8-15(2)13-17)18-11-7-9-16(3)14-18/h6-14H,4-5H2,1-3H3. The summed E-state index contributed by atoms with van der Waals surface area (Å²) in [4.78, 5) is 0. The van der Waals surface area contributed by atoms with E-state index in [2.05, 4.69) is 75.4 Å². The number of unbranched alkanes of at least 4 members (excludes halogenated alkanes) is 1. The highest BCUT2D eigenvalue weighted by Gasteiger charge is 2.05. The largest absolute Gasteiger partial charge is 0.0761 e. The summed E-state index contributed by atoms with van der Waals surface area (Å²) in [7, 11) is 0. The van der Waals surface area contributed by atoms with Crippen molar-refractivity contribution in [3.05, 3.63) is 76.9 Å². The van der Waals surface area contributed by atoms with E-state index in [-0.39, 0.29) is 0 Å². The number of allylic oxidation sites excluding steroid dienone is 1. The van der Waals surface area contributed by atoms with Gasteiger partial charge in [-0.2, -0.15) is 0 Å². The molecule has 0 amide bonds. The summed E-state index contributed by atoms with van der Waals surface area (Å²) < 4.78 is 0. The second-order valence-electron chi connectivity index (χ2n) is 5.15. The first-order chi connectivity index (χ1) is 9.20. The molecule has 0 aliphatic carbocycles. The number of benzene rings is 2. The molecule has 19 heavy (non-hydrogen) atoms. The van der Waals surface area contributed by atoms with Gasteiger partial charge in [-0.05, 0) is 37.0 Å². The van der Waals surface area contributed by atoms with Gasteiger partial charge in [0.2, 0.25) is 0 Å². The lowest BCUT2D eigenvalue weighted by atomic mass is 9.94. The minimum absolute atomic E-state index is 1.12. The molecule has 2 aromatic rings. The second kappa shape index (κ2) is 6.38. The molecule has 0 aliphatic heterocycles. The van der Waals surface area contributed by atoms with Gasteiger partial charge in [0, 0.05) is 0 Å². The van der Waals surface area contributed by atoms with Gasteiger partial charge in [-0.3, -0.25) is 0 Å². The lowest BCUT2D eigenvalue weighted by Gasteiger charge is -2.10. The maximum absolute atomic E-state index is 2.36. The average Bonchev–Trinajstić information content (AvgIpc) is 2.39. The SMILES string of the molecule is CCCC=C(c1cccc(C)c1)c1cccc(C)c1. The van der Waals surface area contributed by atoms with Crippen molar-refractivity contribution in [2.45, 2.75) is 33.6 Å². The van der Waals surface area contributed by atoms with E-state index < -0.39 is 0 Å². The van der Waals surface area contributed by atoms with Crippen molar-refractivity contribution in [1.29, 1.82) is 0 Å². The van der Waals surface area contributed by atoms with E-state index in [4.69, 9.17) is 0 Å². The third-order valence-corrected chi connectivity index (χ3v) is 3.30. The molecular weight excluding hydrogens is 228 g/mol. The van der Waals surface area contributed by atoms with Crippen molar-refractivity contribution >= 4 is 5.57 Å². The van der Waals surface area contributed by atoms with Gasteiger partial charge >= 0.3 is 0 Å². The first kappa shape index (κ1) is 13.6. The fourth-order valence-corrected chi connectivity index (χ4v) is 2.32. The molecule has 98 valence electrons. The van der Waals surface area contributed by atoms with Crippen LogP contribution in [0.1, 0.15) is 42.0 Å². The van der Waals surface area contributed by atoms with Gasteiger partial charge in [0.05, 0.1) is 0 Å². The third kappa shape index (κ3) is 3.57. The van der Waals surface area contributed by atoms with Gasteiger partial charge in [0.1, 0.15) is 0 Å². The summed E-state index contributed by atoms with van der Waals surface area (Å²) in [5.74, 6) is 0. The number of aryl methyl sites for hydroxylation is 2. The molecule has 0 aliphatic rings. The Labute approximate surface area is 116 Å². The molecule has 0 radical (unpaired) electrons. The van der Waals surface area contributed by atoms with Gasteiger partial charge in [-0.15, -0.1) is 0 Å². The second-order valence-corrected chi connectivity index (χ2v) is 5.15. The van der Waals surface area contributed by atoms with Crippen LogP contribution in [0.4, 0.5) is 0 Å². The van der Waals surface area contributed by atoms with Crippen molar-refractivity contribution in [1.82, 2.24) is 0 Å². The van der Waals surface area contributed by atoms with Gasteiger partial charge in [-0.1, -0.05) is 79.1 Å². The summed E-state index contributed by atoms with van der Waals surface area (Å²) in [6.45, 7) is 6.52. The molecule has 0 saturated heterocycles. The molecule has 0 spiro atoms. The molecule has 2 rings (SSSR count). The lowest BCUT2D eigenvalue weighted by Crippen LogP contribution is -1.90. The van der Waals surface area contributed by atoms with Crippen molar-refractivity contribution < 1.29 is 0 Å². The molecule has 0 unspecified atom stereocenters. The number of hydrogen-bond donors (Lipinski definition) is 0. The van der Waals surface area contributed by atoms with Crippen molar-refractivity contribution in [2.75, 3.05) is 0 Å². The van der Waals surface area contributed by atoms with E-state index in [1.807, 2.05) is 0 Å². The summed E-state index contributed by atoms with van der Waals surface area (Å²) >= 11 is 0. The van der Waals surface area contributed by atoms with Crippen LogP contribution in [-0.4, -0.2) is 0 Å². The van der Waals surface area contributed by atoms with E-state index in [9.17, 15) is 0 Å². The van der Waals surface area contributed by atoms with Crippen LogP contribution in [0.2, 0.25) is 0 Å². The van der Waals surface area contributed by atoms with Gasteiger partial charge in [0.25, 0.3) is 0 Å². The van der Waals surface area contributed by atoms with E-state index in [0.717, 1.165) is 6.42 Å². The quantitative estimate of drug-likeness (QED) is 0.668. The van der Waals surface area contributed by atoms with Crippen LogP contribution < -0.4 is 0 Å². The van der Waals surface area contributed by atoms with Gasteiger partial charge < -0.3 is 0 Å². The highest BCUT2D eigenvalue weighted by atomic mass is 14.1. The molecule has 0 bridgehead atoms. The van der Waals surface area contributed by atoms with E-state index in [1.54, 1.807) is 0 Å². The molecular formula is C19H22. The van der Waals surface area contributed by atoms with Crippen molar-refractivity contribution in [3.63, 3.8) is 0 Å². The summed E-state index contributed by atoms with van der Waals surface area (Å²) in [6, 6.07) is 17.5. The Morgan fingerprint density at radius 3 is 1.84 bits per heavy atom. The zero-order valence-electron chi connectivity index (χ0n) is 12.1. The zero-order valence-corrected chi connectivity index (χ0v) is 12.1. The predicted octanol–water partition coefficient (Wildman–Crippen LogP) is 5.54. The van der Waals surface area contributed by atoms with Crippen LogP contribution in [0.25, 0.3) is 5.57 Å². The number of hydrogen-bond acceptors (Lipinski definition) is 0. The highest BCUT2D eigenvalue weighted by molar-refractivity contribution is 5.80. The predicted molar refractivity (Wildman–Crippen MR) is 84.3 cm³/mol. The monoisotopic (exact) mass is 250 g/mol. The lowest BCUT2D eigenvalue weighted by molar-refractivity contribution is 0.960. The number of rotatable bonds is 4. The Morgan fingerprint density at radius 2 is 1.42 bits per heavy atom. The Balaban J connectivity index is 2.48. The average molecular weight is 250 g/mol. The Hall–Kier alpha value is -1.82. The van der Waals surface area contributed by atoms with E-state index in [1.165, 1.54) is 34.2 Å². The summed E-state index contributed by atoms with van der Waals surface area (Å²) in [5.41, 5.74) is 6.62. The van der Waals surface area contributed by atoms with Crippen LogP contribution in [0.3, 0.4) is 0 Å². The first-order valence-corrected chi connectivity index (χ1v) is 7.05. The molecule has 0 fully saturated rings. The summed E-state index contributed by atoms with van der Waals surface area (Å²) in [5, 5.41) is 0. The molecule has 0 N–H and O–H groups in total. The van der Waals surface area contributed by atoms with Crippen LogP contribution in [0.5, 0.6) is 0 Å². The smallest absolute Gasteiger partial charge is 0.0151 e. The van der Waals surface area contributed by atoms with Crippen LogP contribution in [0.15, 0.2) is 54.6 Å². The minimum Gasteiger partial charge on any atom is -0.0761 e. The van der Waals surface area contributed by atoms with Gasteiger partial charge in [0.15, 0.2) is 0 Å². The van der Waals surface area contributed by atoms with Crippen LogP contribution in [0, 0.1) is 13.8 Å². The zero-order chi connectivity index (χ0) is 13.7. The Bertz CT molecular complexity index is 529. The molecule has 2 aromatic carbocycles.